The minimum atomic E-state index is -0.666. The molecule has 9 nitrogen and oxygen atoms in total. The number of amides is 2. The molecule has 4 rings (SSSR count). The molecule has 30 heavy (non-hydrogen) atoms. The molecule has 1 atom stereocenters. The van der Waals surface area contributed by atoms with Gasteiger partial charge in [-0.1, -0.05) is 0 Å². The van der Waals surface area contributed by atoms with E-state index < -0.39 is 11.9 Å². The number of nitrogens with one attached hydrogen (secondary N) is 1. The molecule has 1 aromatic heterocycles. The number of nitrogens with zero attached hydrogens (tertiary/aromatic N) is 3. The van der Waals surface area contributed by atoms with Crippen molar-refractivity contribution in [2.45, 2.75) is 38.0 Å². The molecule has 9 heteroatoms. The maximum Gasteiger partial charge on any atom is 0.329 e. The van der Waals surface area contributed by atoms with E-state index in [4.69, 9.17) is 9.47 Å². The number of piperidine rings is 2. The molecule has 2 fully saturated rings. The van der Waals surface area contributed by atoms with Crippen LogP contribution in [-0.4, -0.2) is 54.5 Å². The van der Waals surface area contributed by atoms with Gasteiger partial charge in [0.05, 0.1) is 11.0 Å². The average molecular weight is 416 g/mol. The smallest absolute Gasteiger partial charge is 0.329 e. The predicted octanol–water partition coefficient (Wildman–Crippen LogP) is 1.15. The fraction of sp³-hybridized carbons (Fsp3) is 0.571. The highest BCUT2D eigenvalue weighted by atomic mass is 16.7. The van der Waals surface area contributed by atoms with Gasteiger partial charge in [-0.2, -0.15) is 0 Å². The number of ether oxygens (including phenoxy) is 2. The summed E-state index contributed by atoms with van der Waals surface area (Å²) in [5.74, 6) is -0.352. The fourth-order valence-electron chi connectivity index (χ4n) is 4.69. The first-order chi connectivity index (χ1) is 14.4. The lowest BCUT2D eigenvalue weighted by molar-refractivity contribution is -0.141. The summed E-state index contributed by atoms with van der Waals surface area (Å²) in [5, 5.41) is 2.34. The van der Waals surface area contributed by atoms with Gasteiger partial charge in [-0.15, -0.1) is 0 Å². The molecule has 2 aromatic rings. The van der Waals surface area contributed by atoms with E-state index in [-0.39, 0.29) is 24.3 Å². The Morgan fingerprint density at radius 2 is 1.73 bits per heavy atom. The van der Waals surface area contributed by atoms with E-state index >= 15 is 0 Å². The van der Waals surface area contributed by atoms with Crippen LogP contribution in [0, 0.1) is 5.92 Å². The third-order valence-electron chi connectivity index (χ3n) is 6.35. The Morgan fingerprint density at radius 1 is 1.03 bits per heavy atom. The number of carbonyl (C=O) groups excluding carboxylic acids is 2. The second kappa shape index (κ2) is 8.23. The van der Waals surface area contributed by atoms with E-state index in [9.17, 15) is 14.4 Å². The van der Waals surface area contributed by atoms with Crippen LogP contribution >= 0.6 is 0 Å². The maximum atomic E-state index is 12.9. The highest BCUT2D eigenvalue weighted by molar-refractivity contribution is 6.00. The summed E-state index contributed by atoms with van der Waals surface area (Å²) in [6.45, 7) is 1.75. The van der Waals surface area contributed by atoms with Gasteiger partial charge in [0.1, 0.15) is 6.04 Å². The maximum absolute atomic E-state index is 12.9. The lowest BCUT2D eigenvalue weighted by Crippen LogP contribution is -2.44. The molecule has 1 unspecified atom stereocenters. The highest BCUT2D eigenvalue weighted by Crippen LogP contribution is 2.30. The van der Waals surface area contributed by atoms with Crippen molar-refractivity contribution in [1.29, 1.82) is 0 Å². The Morgan fingerprint density at radius 3 is 2.37 bits per heavy atom. The molecule has 1 N–H and O–H groups in total. The summed E-state index contributed by atoms with van der Waals surface area (Å²) < 4.78 is 13.9. The van der Waals surface area contributed by atoms with E-state index in [1.165, 1.54) is 4.57 Å². The summed E-state index contributed by atoms with van der Waals surface area (Å²) in [5.41, 5.74) is 2.27. The molecule has 2 aliphatic heterocycles. The lowest BCUT2D eigenvalue weighted by atomic mass is 9.95. The molecule has 0 bridgehead atoms. The van der Waals surface area contributed by atoms with E-state index in [1.54, 1.807) is 25.8 Å². The van der Waals surface area contributed by atoms with Crippen LogP contribution < -0.4 is 15.9 Å². The molecule has 0 aliphatic carbocycles. The molecular weight excluding hydrogens is 388 g/mol. The van der Waals surface area contributed by atoms with Gasteiger partial charge in [-0.05, 0) is 37.5 Å². The zero-order chi connectivity index (χ0) is 21.4. The first kappa shape index (κ1) is 20.6. The minimum absolute atomic E-state index is 0.182. The Labute approximate surface area is 174 Å². The van der Waals surface area contributed by atoms with Crippen molar-refractivity contribution in [3.63, 3.8) is 0 Å². The van der Waals surface area contributed by atoms with Gasteiger partial charge in [0.2, 0.25) is 11.8 Å². The van der Waals surface area contributed by atoms with Crippen molar-refractivity contribution in [2.24, 2.45) is 13.0 Å². The Kier molecular flexibility index (Phi) is 5.66. The predicted molar refractivity (Wildman–Crippen MR) is 111 cm³/mol. The van der Waals surface area contributed by atoms with E-state index in [0.29, 0.717) is 17.9 Å². The van der Waals surface area contributed by atoms with Crippen molar-refractivity contribution >= 4 is 28.5 Å². The number of fused-ring (bicyclic) bond motifs is 1. The van der Waals surface area contributed by atoms with E-state index in [2.05, 4.69) is 10.2 Å². The van der Waals surface area contributed by atoms with Crippen molar-refractivity contribution in [1.82, 2.24) is 14.5 Å². The number of benzene rings is 1. The zero-order valence-corrected chi connectivity index (χ0v) is 17.6. The van der Waals surface area contributed by atoms with Crippen molar-refractivity contribution < 1.29 is 19.1 Å². The Hall–Kier alpha value is -2.65. The topological polar surface area (TPSA) is 94.8 Å². The molecule has 162 valence electrons. The van der Waals surface area contributed by atoms with Gasteiger partial charge in [0.15, 0.2) is 6.29 Å². The number of hydrogen-bond donors (Lipinski definition) is 1. The number of hydrogen-bond acceptors (Lipinski definition) is 6. The Bertz CT molecular complexity index is 1010. The lowest BCUT2D eigenvalue weighted by Gasteiger charge is -2.36. The number of aryl methyl sites for hydroxylation is 1. The SMILES string of the molecule is COC(OC)C1CCN(c2ccc3c(c2)n(C)c(=O)n3C2CCC(=O)NC2=O)CC1. The van der Waals surface area contributed by atoms with Crippen LogP contribution in [0.4, 0.5) is 5.69 Å². The highest BCUT2D eigenvalue weighted by Gasteiger charge is 2.32. The molecule has 0 saturated carbocycles. The fourth-order valence-corrected chi connectivity index (χ4v) is 4.69. The van der Waals surface area contributed by atoms with Gasteiger partial charge in [-0.25, -0.2) is 4.79 Å². The number of rotatable bonds is 5. The number of anilines is 1. The molecule has 2 amide bonds. The largest absolute Gasteiger partial charge is 0.371 e. The third kappa shape index (κ3) is 3.52. The molecular formula is C21H28N4O5. The van der Waals surface area contributed by atoms with E-state index in [1.807, 2.05) is 18.2 Å². The second-order valence-corrected chi connectivity index (χ2v) is 8.02. The average Bonchev–Trinajstić information content (AvgIpc) is 3.00. The quantitative estimate of drug-likeness (QED) is 0.581. The summed E-state index contributed by atoms with van der Waals surface area (Å²) in [6, 6.07) is 5.23. The first-order valence-electron chi connectivity index (χ1n) is 10.3. The van der Waals surface area contributed by atoms with Crippen LogP contribution in [-0.2, 0) is 26.1 Å². The van der Waals surface area contributed by atoms with Crippen LogP contribution in [0.2, 0.25) is 0 Å². The summed E-state index contributed by atoms with van der Waals surface area (Å²) in [4.78, 5) is 39.0. The summed E-state index contributed by atoms with van der Waals surface area (Å²) >= 11 is 0. The number of methoxy groups -OCH3 is 2. The molecule has 0 spiro atoms. The molecule has 3 heterocycles. The zero-order valence-electron chi connectivity index (χ0n) is 17.6. The van der Waals surface area contributed by atoms with Crippen LogP contribution in [0.25, 0.3) is 11.0 Å². The minimum Gasteiger partial charge on any atom is -0.371 e. The van der Waals surface area contributed by atoms with Gasteiger partial charge >= 0.3 is 5.69 Å². The van der Waals surface area contributed by atoms with E-state index in [0.717, 1.165) is 37.1 Å². The summed E-state index contributed by atoms with van der Waals surface area (Å²) in [6.07, 6.45) is 2.30. The van der Waals surface area contributed by atoms with Crippen molar-refractivity contribution in [3.8, 4) is 0 Å². The van der Waals surface area contributed by atoms with Crippen LogP contribution in [0.5, 0.6) is 0 Å². The van der Waals surface area contributed by atoms with Gasteiger partial charge in [0.25, 0.3) is 0 Å². The number of imide groups is 1. The first-order valence-corrected chi connectivity index (χ1v) is 10.3. The van der Waals surface area contributed by atoms with Gasteiger partial charge in [-0.3, -0.25) is 24.0 Å². The number of imidazole rings is 1. The van der Waals surface area contributed by atoms with Gasteiger partial charge < -0.3 is 14.4 Å². The normalized spacial score (nSPS) is 20.9. The third-order valence-corrected chi connectivity index (χ3v) is 6.35. The van der Waals surface area contributed by atoms with Crippen molar-refractivity contribution in [2.75, 3.05) is 32.2 Å². The molecule has 2 saturated heterocycles. The van der Waals surface area contributed by atoms with Gasteiger partial charge in [0, 0.05) is 52.4 Å². The Balaban J connectivity index is 1.60. The number of aromatic nitrogens is 2. The molecule has 1 aromatic carbocycles. The summed E-state index contributed by atoms with van der Waals surface area (Å²) in [7, 11) is 5.05. The monoisotopic (exact) mass is 416 g/mol. The second-order valence-electron chi connectivity index (χ2n) is 8.02. The number of carbonyl (C=O) groups is 2. The standard InChI is InChI=1S/C21H28N4O5/c1-23-17-12-14(24-10-8-13(9-11-24)20(29-2)30-3)4-5-15(17)25(21(23)28)16-6-7-18(26)22-19(16)27/h4-5,12-13,16,20H,6-11H2,1-3H3,(H,22,26,27). The molecule has 2 aliphatic rings. The van der Waals surface area contributed by atoms with Crippen LogP contribution in [0.1, 0.15) is 31.7 Å². The van der Waals surface area contributed by atoms with Crippen LogP contribution in [0.3, 0.4) is 0 Å². The van der Waals surface area contributed by atoms with Crippen molar-refractivity contribution in [3.05, 3.63) is 28.7 Å². The molecule has 0 radical (unpaired) electrons. The van der Waals surface area contributed by atoms with Crippen LogP contribution in [0.15, 0.2) is 23.0 Å².